The Hall–Kier alpha value is 8.12. The van der Waals surface area contributed by atoms with Gasteiger partial charge in [-0.1, -0.05) is 12.8 Å². The highest BCUT2D eigenvalue weighted by atomic mass is 36.0. The first-order valence-corrected chi connectivity index (χ1v) is 70.7. The smallest absolute Gasteiger partial charge is 0.407 e. The molecule has 5 rings (SSSR count). The molecular weight excluding hydrogens is 1780 g/mol. The van der Waals surface area contributed by atoms with E-state index in [1.807, 2.05) is 20.8 Å². The quantitative estimate of drug-likeness (QED) is 0.291. The number of amides is 1. The number of halogens is 2. The van der Waals surface area contributed by atoms with Crippen LogP contribution in [-0.4, -0.2) is 69.5 Å². The number of hydrogen-bond donors (Lipinski definition) is 2. The van der Waals surface area contributed by atoms with Crippen molar-refractivity contribution in [3.8, 4) is 0 Å². The van der Waals surface area contributed by atoms with Crippen LogP contribution >= 0.6 is 21.4 Å². The molecule has 5 aliphatic rings. The maximum absolute atomic E-state index is 11.3. The fourth-order valence-corrected chi connectivity index (χ4v) is 87.9. The monoisotopic (exact) mass is 1810 g/mol. The summed E-state index contributed by atoms with van der Waals surface area (Å²) in [7, 11) is 60.4. The SMILES string of the molecule is CC(C)(C)OC(=O)N[C@H]1CCC[C@H]1O.O=S(Cl)Cl.O=S1(=O)C[C@H]2CCC[C@H]2O1.O=S1C[C@H]2CCC[C@H]2O1.S=S=S=S=S=S=S=S=S=S=S=S=S=S=S=S=S=S.S=S=S=S=S=S=S=S=S=S=S=S=S=S=S=S=S=S=S. The molecule has 1 amide bonds. The Morgan fingerprint density at radius 3 is 1.20 bits per heavy atom. The van der Waals surface area contributed by atoms with E-state index >= 15 is 0 Å². The fourth-order valence-electron chi connectivity index (χ4n) is 5.38. The summed E-state index contributed by atoms with van der Waals surface area (Å²) >= 11 is 18.1. The minimum absolute atomic E-state index is 0.0324. The molecule has 2 N–H and O–H groups in total. The van der Waals surface area contributed by atoms with Crippen molar-refractivity contribution in [1.29, 1.82) is 0 Å². The number of ether oxygens (including phenoxy) is 1. The Morgan fingerprint density at radius 2 is 0.905 bits per heavy atom. The average Bonchev–Trinajstić information content (AvgIpc) is 4.17. The lowest BCUT2D eigenvalue weighted by molar-refractivity contribution is 0.0449. The van der Waals surface area contributed by atoms with Crippen LogP contribution in [0.4, 0.5) is 4.79 Å². The van der Waals surface area contributed by atoms with Crippen LogP contribution in [0.5, 0.6) is 0 Å². The molecule has 52 heteroatoms. The standard InChI is InChI=1S/C10H19NO3.C6H10O3S.C6H10O2S.Cl2OS.S19.S18/c1-10(2,3)14-9(13)11-7-5-4-6-8(7)12;7-10(8)4-5-2-1-3-6(5)9-10;7-9-4-5-2-1-3-6(5)8-9;1-4(2)3;1-3-5-7-9-11-13-15-17-19-18-16-14-12-10-8-6-4-2;1-3-5-7-9-11-13-15-17-18-16-14-12-10-8-6-4-2/h7-8,12H,4-6H2,1-3H3,(H,11,13);5-6H,1-4H2;5-6H,1-4H2;;;/t7-,8+;5-,6-;5-,6-,9?;;;/m011.../s1. The summed E-state index contributed by atoms with van der Waals surface area (Å²) < 4.78 is 56.6. The van der Waals surface area contributed by atoms with Gasteiger partial charge in [-0.05, 0) is 65.7 Å². The molecule has 0 radical (unpaired) electrons. The van der Waals surface area contributed by atoms with Gasteiger partial charge in [0.2, 0.25) is 9.23 Å². The Labute approximate surface area is 560 Å². The summed E-state index contributed by atoms with van der Waals surface area (Å²) in [5, 5.41) is 12.1. The molecule has 3 aliphatic carbocycles. The minimum Gasteiger partial charge on any atom is -0.444 e. The molecule has 7 atom stereocenters. The Kier molecular flexibility index (Phi) is 63.9. The van der Waals surface area contributed by atoms with E-state index in [0.717, 1.165) is 50.7 Å². The van der Waals surface area contributed by atoms with Crippen LogP contribution in [0.3, 0.4) is 0 Å². The third-order valence-corrected chi connectivity index (χ3v) is 78.9. The first-order valence-electron chi connectivity index (χ1n) is 18.4. The number of aliphatic hydroxyl groups excluding tert-OH is 1. The Morgan fingerprint density at radius 1 is 0.581 bits per heavy atom. The molecule has 2 aliphatic heterocycles. The summed E-state index contributed by atoms with van der Waals surface area (Å²) in [6.07, 6.45) is 8.82. The van der Waals surface area contributed by atoms with Gasteiger partial charge in [-0.15, -0.1) is 0 Å². The lowest BCUT2D eigenvalue weighted by atomic mass is 10.1. The van der Waals surface area contributed by atoms with Crippen molar-refractivity contribution in [1.82, 2.24) is 5.32 Å². The summed E-state index contributed by atoms with van der Waals surface area (Å²) in [4.78, 5) is 11.3. The van der Waals surface area contributed by atoms with Crippen molar-refractivity contribution in [3.63, 3.8) is 0 Å². The highest BCUT2D eigenvalue weighted by molar-refractivity contribution is 8.79. The van der Waals surface area contributed by atoms with Crippen LogP contribution in [0.2, 0.25) is 0 Å². The van der Waals surface area contributed by atoms with Crippen molar-refractivity contribution < 1.29 is 39.8 Å². The van der Waals surface area contributed by atoms with Gasteiger partial charge in [0, 0.05) is 371 Å². The molecule has 0 aromatic rings. The van der Waals surface area contributed by atoms with E-state index in [2.05, 4.69) is 26.7 Å². The zero-order chi connectivity index (χ0) is 55.1. The Balaban J connectivity index is 0.000000900. The van der Waals surface area contributed by atoms with E-state index in [4.69, 9.17) is 62.1 Å². The van der Waals surface area contributed by atoms with E-state index < -0.39 is 48.2 Å². The molecule has 3 saturated carbocycles. The number of aliphatic hydroxyl groups is 1. The third-order valence-electron chi connectivity index (χ3n) is 7.49. The zero-order valence-corrected chi connectivity index (χ0v) is 70.7. The van der Waals surface area contributed by atoms with Crippen LogP contribution < -0.4 is 5.32 Å². The number of carbonyl (C=O) groups excluding carboxylic acids is 1. The van der Waals surface area contributed by atoms with Gasteiger partial charge in [-0.25, -0.2) is 13.2 Å². The van der Waals surface area contributed by atoms with E-state index in [1.54, 1.807) is 258 Å². The van der Waals surface area contributed by atoms with Crippen molar-refractivity contribution in [2.45, 2.75) is 109 Å². The molecule has 2 saturated heterocycles. The minimum atomic E-state index is -3.11. The summed E-state index contributed by atoms with van der Waals surface area (Å²) in [5.41, 5.74) is -0.479. The van der Waals surface area contributed by atoms with Crippen LogP contribution in [0, 0.1) is 11.8 Å². The highest BCUT2D eigenvalue weighted by Crippen LogP contribution is 2.36. The second-order valence-electron chi connectivity index (χ2n) is 13.0. The van der Waals surface area contributed by atoms with Crippen LogP contribution in [-0.2, 0) is 381 Å². The number of carbonyl (C=O) groups is 1. The normalized spacial score (nSPS) is 21.3. The molecular formula is C22H39Cl2NO9S40. The molecule has 0 spiro atoms. The lowest BCUT2D eigenvalue weighted by Crippen LogP contribution is -2.42. The van der Waals surface area contributed by atoms with E-state index in [-0.39, 0.29) is 17.9 Å². The van der Waals surface area contributed by atoms with Gasteiger partial charge in [0.1, 0.15) is 5.60 Å². The fraction of sp³-hybridized carbons (Fsp3) is 0.955. The van der Waals surface area contributed by atoms with Gasteiger partial charge < -0.3 is 15.2 Å². The zero-order valence-electron chi connectivity index (χ0n) is 36.5. The van der Waals surface area contributed by atoms with Crippen molar-refractivity contribution >= 4 is 396 Å². The summed E-state index contributed by atoms with van der Waals surface area (Å²) in [6, 6.07) is -0.134. The molecule has 10 nitrogen and oxygen atoms in total. The highest BCUT2D eigenvalue weighted by Gasteiger charge is 2.41. The molecule has 0 aromatic carbocycles. The van der Waals surface area contributed by atoms with Crippen molar-refractivity contribution in [2.75, 3.05) is 11.5 Å². The van der Waals surface area contributed by atoms with Crippen molar-refractivity contribution in [3.05, 3.63) is 0 Å². The maximum atomic E-state index is 11.3. The Bertz CT molecular complexity index is 3390. The maximum Gasteiger partial charge on any atom is 0.407 e. The summed E-state index contributed by atoms with van der Waals surface area (Å²) in [6.45, 7) is 5.45. The molecule has 74 heavy (non-hydrogen) atoms. The molecule has 440 valence electrons. The number of nitrogens with one attached hydrogen (secondary N) is 1. The van der Waals surface area contributed by atoms with Gasteiger partial charge in [0.05, 0.1) is 35.9 Å². The number of rotatable bonds is 1. The first kappa shape index (κ1) is 82.1. The summed E-state index contributed by atoms with van der Waals surface area (Å²) in [5.74, 6) is 2.00. The van der Waals surface area contributed by atoms with Crippen LogP contribution in [0.1, 0.15) is 78.6 Å². The number of alkyl carbamates (subject to hydrolysis) is 1. The molecule has 1 unspecified atom stereocenters. The van der Waals surface area contributed by atoms with Gasteiger partial charge >= 0.3 is 6.09 Å². The lowest BCUT2D eigenvalue weighted by Gasteiger charge is -2.22. The van der Waals surface area contributed by atoms with Gasteiger partial charge in [0.25, 0.3) is 10.1 Å². The second-order valence-corrected chi connectivity index (χ2v) is 76.7. The van der Waals surface area contributed by atoms with Crippen molar-refractivity contribution in [2.24, 2.45) is 11.8 Å². The van der Waals surface area contributed by atoms with E-state index in [9.17, 15) is 22.5 Å². The molecule has 5 fully saturated rings. The molecule has 0 bridgehead atoms. The van der Waals surface area contributed by atoms with Gasteiger partial charge in [-0.3, -0.25) is 8.37 Å². The topological polar surface area (TPSA) is 145 Å². The van der Waals surface area contributed by atoms with Crippen LogP contribution in [0.25, 0.3) is 0 Å². The predicted octanol–water partition coefficient (Wildman–Crippen LogP) is 3.74. The third kappa shape index (κ3) is 54.3. The number of hydrogen-bond acceptors (Lipinski definition) is 13. The van der Waals surface area contributed by atoms with E-state index in [0.29, 0.717) is 17.9 Å². The van der Waals surface area contributed by atoms with Crippen LogP contribution in [0.15, 0.2) is 0 Å². The van der Waals surface area contributed by atoms with Gasteiger partial charge in [0.15, 0.2) is 11.1 Å². The largest absolute Gasteiger partial charge is 0.444 e. The average molecular weight is 1820 g/mol. The van der Waals surface area contributed by atoms with E-state index in [1.165, 1.54) is 48.4 Å². The first-order chi connectivity index (χ1) is 35.5. The predicted molar refractivity (Wildman–Crippen MR) is 417 cm³/mol. The second kappa shape index (κ2) is 57.6. The van der Waals surface area contributed by atoms with Gasteiger partial charge in [-0.2, -0.15) is 8.42 Å². The molecule has 2 heterocycles. The molecule has 0 aromatic heterocycles. The number of fused-ring (bicyclic) bond motifs is 2.